The first-order valence-corrected chi connectivity index (χ1v) is 8.05. The van der Waals surface area contributed by atoms with E-state index in [1.54, 1.807) is 0 Å². The highest BCUT2D eigenvalue weighted by Gasteiger charge is 2.31. The third-order valence-electron chi connectivity index (χ3n) is 4.26. The second kappa shape index (κ2) is 8.11. The number of nitrogens with zero attached hydrogens (tertiary/aromatic N) is 1. The zero-order chi connectivity index (χ0) is 16.8. The Morgan fingerprint density at radius 2 is 1.91 bits per heavy atom. The molecule has 126 valence electrons. The van der Waals surface area contributed by atoms with Gasteiger partial charge in [-0.25, -0.2) is 0 Å². The van der Waals surface area contributed by atoms with Crippen LogP contribution >= 0.6 is 0 Å². The smallest absolute Gasteiger partial charge is 0.303 e. The predicted molar refractivity (Wildman–Crippen MR) is 86.8 cm³/mol. The van der Waals surface area contributed by atoms with Gasteiger partial charge in [-0.3, -0.25) is 9.59 Å². The van der Waals surface area contributed by atoms with Gasteiger partial charge in [0.1, 0.15) is 12.2 Å². The molecule has 2 rings (SSSR count). The molecular weight excluding hydrogens is 294 g/mol. The summed E-state index contributed by atoms with van der Waals surface area (Å²) in [6.07, 6.45) is 1.97. The van der Waals surface area contributed by atoms with Crippen molar-refractivity contribution in [2.24, 2.45) is 0 Å². The maximum Gasteiger partial charge on any atom is 0.303 e. The van der Waals surface area contributed by atoms with Crippen molar-refractivity contribution >= 4 is 11.9 Å². The van der Waals surface area contributed by atoms with Gasteiger partial charge in [-0.15, -0.1) is 0 Å². The molecule has 23 heavy (non-hydrogen) atoms. The van der Waals surface area contributed by atoms with Gasteiger partial charge in [-0.2, -0.15) is 0 Å². The van der Waals surface area contributed by atoms with Crippen LogP contribution in [0.25, 0.3) is 0 Å². The molecule has 1 aliphatic rings. The van der Waals surface area contributed by atoms with Gasteiger partial charge in [0.05, 0.1) is 0 Å². The first kappa shape index (κ1) is 17.5. The largest absolute Gasteiger partial charge is 0.462 e. The van der Waals surface area contributed by atoms with E-state index in [0.29, 0.717) is 6.42 Å². The van der Waals surface area contributed by atoms with Crippen molar-refractivity contribution in [1.29, 1.82) is 0 Å². The Labute approximate surface area is 137 Å². The van der Waals surface area contributed by atoms with Gasteiger partial charge < -0.3 is 14.4 Å². The molecule has 0 saturated carbocycles. The van der Waals surface area contributed by atoms with Crippen LogP contribution in [0.2, 0.25) is 0 Å². The molecule has 0 aromatic heterocycles. The van der Waals surface area contributed by atoms with Crippen LogP contribution < -0.4 is 0 Å². The Hall–Kier alpha value is -1.88. The fourth-order valence-electron chi connectivity index (χ4n) is 3.12. The van der Waals surface area contributed by atoms with Crippen molar-refractivity contribution in [2.45, 2.75) is 51.4 Å². The van der Waals surface area contributed by atoms with Crippen molar-refractivity contribution < 1.29 is 19.1 Å². The number of hydrogen-bond acceptors (Lipinski definition) is 5. The summed E-state index contributed by atoms with van der Waals surface area (Å²) in [5.74, 6) is -0.522. The van der Waals surface area contributed by atoms with Crippen molar-refractivity contribution in [3.05, 3.63) is 35.9 Å². The normalized spacial score (nSPS) is 23.1. The van der Waals surface area contributed by atoms with E-state index in [0.717, 1.165) is 24.9 Å². The van der Waals surface area contributed by atoms with E-state index in [1.807, 2.05) is 30.3 Å². The average molecular weight is 319 g/mol. The number of rotatable bonds is 5. The number of ether oxygens (including phenoxy) is 2. The molecule has 0 aliphatic carbocycles. The van der Waals surface area contributed by atoms with Crippen molar-refractivity contribution in [3.8, 4) is 0 Å². The first-order valence-electron chi connectivity index (χ1n) is 8.05. The fourth-order valence-corrected chi connectivity index (χ4v) is 3.12. The zero-order valence-electron chi connectivity index (χ0n) is 14.0. The van der Waals surface area contributed by atoms with Crippen molar-refractivity contribution in [1.82, 2.24) is 4.90 Å². The third kappa shape index (κ3) is 5.36. The maximum atomic E-state index is 11.5. The Kier molecular flexibility index (Phi) is 6.16. The summed E-state index contributed by atoms with van der Waals surface area (Å²) < 4.78 is 10.9. The molecule has 3 atom stereocenters. The van der Waals surface area contributed by atoms with E-state index < -0.39 is 0 Å². The lowest BCUT2D eigenvalue weighted by atomic mass is 9.92. The molecule has 0 spiro atoms. The van der Waals surface area contributed by atoms with E-state index in [-0.39, 0.29) is 30.2 Å². The Bertz CT molecular complexity index is 531. The molecule has 0 unspecified atom stereocenters. The number of esters is 2. The van der Waals surface area contributed by atoms with Gasteiger partial charge in [-0.05, 0) is 19.0 Å². The summed E-state index contributed by atoms with van der Waals surface area (Å²) in [5.41, 5.74) is 0.991. The van der Waals surface area contributed by atoms with Crippen LogP contribution in [0.4, 0.5) is 0 Å². The van der Waals surface area contributed by atoms with E-state index in [2.05, 4.69) is 11.9 Å². The molecule has 0 N–H and O–H groups in total. The molecule has 0 radical (unpaired) electrons. The second-order valence-corrected chi connectivity index (χ2v) is 6.13. The Balaban J connectivity index is 2.07. The quantitative estimate of drug-likeness (QED) is 0.781. The van der Waals surface area contributed by atoms with Crippen molar-refractivity contribution in [3.63, 3.8) is 0 Å². The van der Waals surface area contributed by atoms with Gasteiger partial charge in [-0.1, -0.05) is 30.3 Å². The summed E-state index contributed by atoms with van der Waals surface area (Å²) >= 11 is 0. The summed E-state index contributed by atoms with van der Waals surface area (Å²) in [4.78, 5) is 24.9. The third-order valence-corrected chi connectivity index (χ3v) is 4.26. The highest BCUT2D eigenvalue weighted by atomic mass is 16.5. The van der Waals surface area contributed by atoms with Crippen LogP contribution in [0.1, 0.15) is 44.8 Å². The van der Waals surface area contributed by atoms with Gasteiger partial charge in [0.2, 0.25) is 0 Å². The molecule has 1 aromatic rings. The van der Waals surface area contributed by atoms with Gasteiger partial charge >= 0.3 is 11.9 Å². The number of piperidine rings is 1. The topological polar surface area (TPSA) is 55.8 Å². The van der Waals surface area contributed by atoms with Crippen LogP contribution in [0.15, 0.2) is 30.3 Å². The first-order chi connectivity index (χ1) is 11.0. The van der Waals surface area contributed by atoms with Crippen molar-refractivity contribution in [2.75, 3.05) is 13.6 Å². The van der Waals surface area contributed by atoms with Crippen LogP contribution in [0, 0.1) is 0 Å². The monoisotopic (exact) mass is 319 g/mol. The Morgan fingerprint density at radius 3 is 2.52 bits per heavy atom. The molecule has 5 nitrogen and oxygen atoms in total. The average Bonchev–Trinajstić information content (AvgIpc) is 2.50. The van der Waals surface area contributed by atoms with Crippen LogP contribution in [-0.2, 0) is 19.1 Å². The zero-order valence-corrected chi connectivity index (χ0v) is 14.0. The molecule has 1 fully saturated rings. The SMILES string of the molecule is CC(=O)O[C@@H]1CCN(C)[C@@H](C[C@@H](OC(C)=O)c2ccccc2)C1. The molecular formula is C18H25NO4. The number of likely N-dealkylation sites (tertiary alicyclic amines) is 1. The lowest BCUT2D eigenvalue weighted by Crippen LogP contribution is -2.44. The second-order valence-electron chi connectivity index (χ2n) is 6.13. The molecule has 0 bridgehead atoms. The summed E-state index contributed by atoms with van der Waals surface area (Å²) in [5, 5.41) is 0. The summed E-state index contributed by atoms with van der Waals surface area (Å²) in [7, 11) is 2.06. The predicted octanol–water partition coefficient (Wildman–Crippen LogP) is 2.71. The minimum atomic E-state index is -0.283. The molecule has 1 saturated heterocycles. The van der Waals surface area contributed by atoms with E-state index in [9.17, 15) is 9.59 Å². The number of hydrogen-bond donors (Lipinski definition) is 0. The molecule has 1 aliphatic heterocycles. The van der Waals surface area contributed by atoms with Crippen LogP contribution in [0.5, 0.6) is 0 Å². The van der Waals surface area contributed by atoms with Gasteiger partial charge in [0, 0.05) is 39.3 Å². The van der Waals surface area contributed by atoms with Gasteiger partial charge in [0.25, 0.3) is 0 Å². The lowest BCUT2D eigenvalue weighted by Gasteiger charge is -2.38. The van der Waals surface area contributed by atoms with Crippen LogP contribution in [0.3, 0.4) is 0 Å². The number of carbonyl (C=O) groups excluding carboxylic acids is 2. The summed E-state index contributed by atoms with van der Waals surface area (Å²) in [6, 6.07) is 9.98. The lowest BCUT2D eigenvalue weighted by molar-refractivity contribution is -0.150. The molecule has 5 heteroatoms. The number of benzene rings is 1. The Morgan fingerprint density at radius 1 is 1.22 bits per heavy atom. The minimum Gasteiger partial charge on any atom is -0.462 e. The summed E-state index contributed by atoms with van der Waals surface area (Å²) in [6.45, 7) is 3.74. The maximum absolute atomic E-state index is 11.5. The molecule has 1 aromatic carbocycles. The fraction of sp³-hybridized carbons (Fsp3) is 0.556. The number of carbonyl (C=O) groups is 2. The standard InChI is InChI=1S/C18H25NO4/c1-13(20)22-17-9-10-19(3)16(11-17)12-18(23-14(2)21)15-7-5-4-6-8-15/h4-8,16-18H,9-12H2,1-3H3/t16-,17-,18-/m1/s1. The van der Waals surface area contributed by atoms with E-state index in [1.165, 1.54) is 13.8 Å². The van der Waals surface area contributed by atoms with E-state index >= 15 is 0 Å². The highest BCUT2D eigenvalue weighted by molar-refractivity contribution is 5.66. The van der Waals surface area contributed by atoms with Crippen LogP contribution in [-0.4, -0.2) is 42.6 Å². The van der Waals surface area contributed by atoms with E-state index in [4.69, 9.17) is 9.47 Å². The highest BCUT2D eigenvalue weighted by Crippen LogP contribution is 2.29. The minimum absolute atomic E-state index is 0.0533. The molecule has 1 heterocycles. The van der Waals surface area contributed by atoms with Gasteiger partial charge in [0.15, 0.2) is 0 Å². The molecule has 0 amide bonds.